The summed E-state index contributed by atoms with van der Waals surface area (Å²) >= 11 is 0. The summed E-state index contributed by atoms with van der Waals surface area (Å²) < 4.78 is 15.9. The van der Waals surface area contributed by atoms with Crippen molar-refractivity contribution in [2.75, 3.05) is 14.2 Å². The van der Waals surface area contributed by atoms with Crippen LogP contribution in [0.4, 0.5) is 0 Å². The Kier molecular flexibility index (Phi) is 5.18. The third kappa shape index (κ3) is 3.91. The Morgan fingerprint density at radius 2 is 1.96 bits per heavy atom. The van der Waals surface area contributed by atoms with Crippen molar-refractivity contribution in [2.45, 2.75) is 19.1 Å². The Balaban J connectivity index is 1.71. The van der Waals surface area contributed by atoms with E-state index in [1.165, 1.54) is 7.11 Å². The molecule has 3 rings (SSSR count). The summed E-state index contributed by atoms with van der Waals surface area (Å²) in [4.78, 5) is 16.6. The molecule has 0 fully saturated rings. The van der Waals surface area contributed by atoms with Crippen LogP contribution in [-0.2, 0) is 21.0 Å². The SMILES string of the molecule is COC(=O)C1CC(c2ccc(OCc3ccccc3)c(OC)c2)=NO1. The lowest BCUT2D eigenvalue weighted by molar-refractivity contribution is -0.152. The van der Waals surface area contributed by atoms with Gasteiger partial charge in [-0.2, -0.15) is 0 Å². The molecule has 6 heteroatoms. The molecule has 0 amide bonds. The zero-order valence-corrected chi connectivity index (χ0v) is 14.1. The third-order valence-electron chi connectivity index (χ3n) is 3.87. The fourth-order valence-electron chi connectivity index (χ4n) is 2.51. The normalized spacial score (nSPS) is 15.9. The van der Waals surface area contributed by atoms with Crippen molar-refractivity contribution in [2.24, 2.45) is 5.16 Å². The van der Waals surface area contributed by atoms with Crippen LogP contribution in [-0.4, -0.2) is 32.0 Å². The van der Waals surface area contributed by atoms with Crippen molar-refractivity contribution in [3.8, 4) is 11.5 Å². The van der Waals surface area contributed by atoms with Crippen molar-refractivity contribution in [3.63, 3.8) is 0 Å². The largest absolute Gasteiger partial charge is 0.493 e. The monoisotopic (exact) mass is 341 g/mol. The maximum absolute atomic E-state index is 11.5. The molecule has 25 heavy (non-hydrogen) atoms. The van der Waals surface area contributed by atoms with E-state index < -0.39 is 12.1 Å². The number of nitrogens with zero attached hydrogens (tertiary/aromatic N) is 1. The van der Waals surface area contributed by atoms with Gasteiger partial charge in [0.2, 0.25) is 6.10 Å². The molecule has 2 aromatic carbocycles. The van der Waals surface area contributed by atoms with E-state index in [0.717, 1.165) is 11.1 Å². The first-order chi connectivity index (χ1) is 12.2. The van der Waals surface area contributed by atoms with Gasteiger partial charge in [-0.1, -0.05) is 35.5 Å². The molecule has 1 heterocycles. The van der Waals surface area contributed by atoms with Crippen molar-refractivity contribution in [1.82, 2.24) is 0 Å². The summed E-state index contributed by atoms with van der Waals surface area (Å²) in [6.45, 7) is 0.449. The van der Waals surface area contributed by atoms with E-state index in [4.69, 9.17) is 14.3 Å². The number of oxime groups is 1. The Bertz CT molecular complexity index is 773. The molecule has 2 aromatic rings. The van der Waals surface area contributed by atoms with Gasteiger partial charge in [-0.15, -0.1) is 0 Å². The molecule has 6 nitrogen and oxygen atoms in total. The number of hydrogen-bond donors (Lipinski definition) is 0. The molecular weight excluding hydrogens is 322 g/mol. The van der Waals surface area contributed by atoms with Gasteiger partial charge >= 0.3 is 5.97 Å². The molecule has 0 aliphatic carbocycles. The van der Waals surface area contributed by atoms with Crippen LogP contribution in [0.2, 0.25) is 0 Å². The zero-order chi connectivity index (χ0) is 17.6. The second-order valence-corrected chi connectivity index (χ2v) is 5.50. The van der Waals surface area contributed by atoms with Gasteiger partial charge in [-0.3, -0.25) is 0 Å². The molecular formula is C19H19NO5. The number of carbonyl (C=O) groups excluding carboxylic acids is 1. The number of benzene rings is 2. The molecule has 1 atom stereocenters. The van der Waals surface area contributed by atoms with Crippen LogP contribution in [0.25, 0.3) is 0 Å². The van der Waals surface area contributed by atoms with Gasteiger partial charge in [0.15, 0.2) is 11.5 Å². The Labute approximate surface area is 146 Å². The van der Waals surface area contributed by atoms with E-state index in [-0.39, 0.29) is 0 Å². The van der Waals surface area contributed by atoms with E-state index >= 15 is 0 Å². The summed E-state index contributed by atoms with van der Waals surface area (Å²) in [5.41, 5.74) is 2.56. The van der Waals surface area contributed by atoms with Crippen LogP contribution in [0.1, 0.15) is 17.5 Å². The van der Waals surface area contributed by atoms with Gasteiger partial charge in [-0.05, 0) is 23.8 Å². The minimum atomic E-state index is -0.694. The van der Waals surface area contributed by atoms with Gasteiger partial charge in [0.25, 0.3) is 0 Å². The highest BCUT2D eigenvalue weighted by molar-refractivity contribution is 6.03. The summed E-state index contributed by atoms with van der Waals surface area (Å²) in [5, 5.41) is 3.97. The molecule has 0 N–H and O–H groups in total. The van der Waals surface area contributed by atoms with Crippen molar-refractivity contribution >= 4 is 11.7 Å². The van der Waals surface area contributed by atoms with E-state index in [1.54, 1.807) is 7.11 Å². The van der Waals surface area contributed by atoms with Crippen LogP contribution >= 0.6 is 0 Å². The van der Waals surface area contributed by atoms with Crippen molar-refractivity contribution in [1.29, 1.82) is 0 Å². The zero-order valence-electron chi connectivity index (χ0n) is 14.1. The molecule has 0 saturated carbocycles. The van der Waals surface area contributed by atoms with Gasteiger partial charge < -0.3 is 19.0 Å². The van der Waals surface area contributed by atoms with E-state index in [9.17, 15) is 4.79 Å². The molecule has 0 radical (unpaired) electrons. The number of methoxy groups -OCH3 is 2. The standard InChI is InChI=1S/C19H19NO5/c1-22-17-10-14(15-11-18(25-20-15)19(21)23-2)8-9-16(17)24-12-13-6-4-3-5-7-13/h3-10,18H,11-12H2,1-2H3. The molecule has 130 valence electrons. The summed E-state index contributed by atoms with van der Waals surface area (Å²) in [5.74, 6) is 0.797. The van der Waals surface area contributed by atoms with Crippen LogP contribution in [0, 0.1) is 0 Å². The molecule has 1 aliphatic rings. The predicted molar refractivity (Wildman–Crippen MR) is 91.8 cm³/mol. The van der Waals surface area contributed by atoms with Gasteiger partial charge in [0.1, 0.15) is 6.61 Å². The summed E-state index contributed by atoms with van der Waals surface area (Å²) in [7, 11) is 2.91. The van der Waals surface area contributed by atoms with Crippen LogP contribution in [0.15, 0.2) is 53.7 Å². The average molecular weight is 341 g/mol. The minimum absolute atomic E-state index is 0.361. The van der Waals surface area contributed by atoms with Gasteiger partial charge in [-0.25, -0.2) is 4.79 Å². The molecule has 0 aromatic heterocycles. The first kappa shape index (κ1) is 16.8. The number of esters is 1. The highest BCUT2D eigenvalue weighted by Gasteiger charge is 2.30. The molecule has 1 aliphatic heterocycles. The number of ether oxygens (including phenoxy) is 3. The van der Waals surface area contributed by atoms with E-state index in [1.807, 2.05) is 48.5 Å². The summed E-state index contributed by atoms with van der Waals surface area (Å²) in [6.07, 6.45) is -0.333. The van der Waals surface area contributed by atoms with Crippen molar-refractivity contribution < 1.29 is 23.8 Å². The van der Waals surface area contributed by atoms with Gasteiger partial charge in [0.05, 0.1) is 19.9 Å². The van der Waals surface area contributed by atoms with Crippen LogP contribution < -0.4 is 9.47 Å². The maximum Gasteiger partial charge on any atom is 0.350 e. The second kappa shape index (κ2) is 7.70. The molecule has 0 spiro atoms. The van der Waals surface area contributed by atoms with Crippen LogP contribution in [0.5, 0.6) is 11.5 Å². The van der Waals surface area contributed by atoms with E-state index in [2.05, 4.69) is 9.89 Å². The fourth-order valence-corrected chi connectivity index (χ4v) is 2.51. The first-order valence-corrected chi connectivity index (χ1v) is 7.87. The summed E-state index contributed by atoms with van der Waals surface area (Å²) in [6, 6.07) is 15.4. The van der Waals surface area contributed by atoms with Crippen LogP contribution in [0.3, 0.4) is 0 Å². The highest BCUT2D eigenvalue weighted by atomic mass is 16.7. The highest BCUT2D eigenvalue weighted by Crippen LogP contribution is 2.30. The second-order valence-electron chi connectivity index (χ2n) is 5.50. The third-order valence-corrected chi connectivity index (χ3v) is 3.87. The lowest BCUT2D eigenvalue weighted by Gasteiger charge is -2.12. The topological polar surface area (TPSA) is 66.4 Å². The lowest BCUT2D eigenvalue weighted by atomic mass is 10.0. The Morgan fingerprint density at radius 1 is 1.16 bits per heavy atom. The maximum atomic E-state index is 11.5. The first-order valence-electron chi connectivity index (χ1n) is 7.87. The molecule has 0 bridgehead atoms. The van der Waals surface area contributed by atoms with E-state index in [0.29, 0.717) is 30.2 Å². The number of hydrogen-bond acceptors (Lipinski definition) is 6. The number of rotatable bonds is 6. The smallest absolute Gasteiger partial charge is 0.350 e. The fraction of sp³-hybridized carbons (Fsp3) is 0.263. The van der Waals surface area contributed by atoms with Crippen molar-refractivity contribution in [3.05, 3.63) is 59.7 Å². The Morgan fingerprint density at radius 3 is 2.68 bits per heavy atom. The average Bonchev–Trinajstić information content (AvgIpc) is 3.16. The molecule has 1 unspecified atom stereocenters. The quantitative estimate of drug-likeness (QED) is 0.756. The van der Waals surface area contributed by atoms with Gasteiger partial charge in [0, 0.05) is 12.0 Å². The molecule has 0 saturated heterocycles. The Hall–Kier alpha value is -3.02. The lowest BCUT2D eigenvalue weighted by Crippen LogP contribution is -2.22. The number of carbonyl (C=O) groups is 1. The minimum Gasteiger partial charge on any atom is -0.493 e. The predicted octanol–water partition coefficient (Wildman–Crippen LogP) is 2.94.